The second-order valence-electron chi connectivity index (χ2n) is 4.12. The SMILES string of the molecule is C=C(Cl)CNC(=O)C1CCCCC1CN. The van der Waals surface area contributed by atoms with Gasteiger partial charge in [0.05, 0.1) is 6.54 Å². The van der Waals surface area contributed by atoms with E-state index in [0.717, 1.165) is 19.3 Å². The molecule has 86 valence electrons. The van der Waals surface area contributed by atoms with Crippen LogP contribution in [0.3, 0.4) is 0 Å². The summed E-state index contributed by atoms with van der Waals surface area (Å²) in [6.07, 6.45) is 4.32. The van der Waals surface area contributed by atoms with Crippen molar-refractivity contribution in [2.75, 3.05) is 13.1 Å². The van der Waals surface area contributed by atoms with Gasteiger partial charge in [-0.1, -0.05) is 31.0 Å². The molecule has 1 aliphatic rings. The predicted molar refractivity (Wildman–Crippen MR) is 62.5 cm³/mol. The molecule has 0 bridgehead atoms. The molecule has 0 aromatic rings. The Kier molecular flexibility index (Phi) is 5.12. The van der Waals surface area contributed by atoms with Crippen LogP contribution in [-0.2, 0) is 4.79 Å². The zero-order valence-corrected chi connectivity index (χ0v) is 9.72. The molecule has 2 atom stereocenters. The van der Waals surface area contributed by atoms with Gasteiger partial charge in [0.1, 0.15) is 0 Å². The van der Waals surface area contributed by atoms with Crippen molar-refractivity contribution in [3.8, 4) is 0 Å². The number of carbonyl (C=O) groups excluding carboxylic acids is 1. The van der Waals surface area contributed by atoms with Crippen LogP contribution >= 0.6 is 11.6 Å². The molecule has 4 heteroatoms. The minimum Gasteiger partial charge on any atom is -0.351 e. The molecule has 0 aromatic carbocycles. The van der Waals surface area contributed by atoms with E-state index in [0.29, 0.717) is 24.0 Å². The predicted octanol–water partition coefficient (Wildman–Crippen LogP) is 1.62. The van der Waals surface area contributed by atoms with E-state index in [4.69, 9.17) is 17.3 Å². The quantitative estimate of drug-likeness (QED) is 0.771. The lowest BCUT2D eigenvalue weighted by Gasteiger charge is -2.29. The topological polar surface area (TPSA) is 55.1 Å². The number of hydrogen-bond acceptors (Lipinski definition) is 2. The first-order valence-electron chi connectivity index (χ1n) is 5.46. The fourth-order valence-electron chi connectivity index (χ4n) is 2.15. The van der Waals surface area contributed by atoms with Crippen LogP contribution < -0.4 is 11.1 Å². The van der Waals surface area contributed by atoms with Crippen LogP contribution in [0, 0.1) is 11.8 Å². The molecule has 0 heterocycles. The number of carbonyl (C=O) groups is 1. The Balaban J connectivity index is 2.44. The average Bonchev–Trinajstić information content (AvgIpc) is 2.25. The molecule has 0 radical (unpaired) electrons. The Labute approximate surface area is 96.0 Å². The van der Waals surface area contributed by atoms with Crippen LogP contribution in [0.15, 0.2) is 11.6 Å². The number of rotatable bonds is 4. The summed E-state index contributed by atoms with van der Waals surface area (Å²) in [4.78, 5) is 11.8. The van der Waals surface area contributed by atoms with Gasteiger partial charge in [0.25, 0.3) is 0 Å². The van der Waals surface area contributed by atoms with Crippen LogP contribution in [0.4, 0.5) is 0 Å². The van der Waals surface area contributed by atoms with E-state index in [-0.39, 0.29) is 11.8 Å². The monoisotopic (exact) mass is 230 g/mol. The van der Waals surface area contributed by atoms with Crippen LogP contribution in [-0.4, -0.2) is 19.0 Å². The minimum absolute atomic E-state index is 0.0692. The van der Waals surface area contributed by atoms with E-state index < -0.39 is 0 Å². The molecule has 0 aromatic heterocycles. The van der Waals surface area contributed by atoms with Crippen molar-refractivity contribution < 1.29 is 4.79 Å². The highest BCUT2D eigenvalue weighted by molar-refractivity contribution is 6.29. The molecule has 1 aliphatic carbocycles. The Morgan fingerprint density at radius 2 is 2.13 bits per heavy atom. The number of amides is 1. The van der Waals surface area contributed by atoms with Crippen molar-refractivity contribution in [2.45, 2.75) is 25.7 Å². The average molecular weight is 231 g/mol. The lowest BCUT2D eigenvalue weighted by Crippen LogP contribution is -2.39. The van der Waals surface area contributed by atoms with Crippen molar-refractivity contribution in [3.63, 3.8) is 0 Å². The van der Waals surface area contributed by atoms with Crippen molar-refractivity contribution in [2.24, 2.45) is 17.6 Å². The number of halogens is 1. The van der Waals surface area contributed by atoms with Gasteiger partial charge in [0, 0.05) is 11.0 Å². The van der Waals surface area contributed by atoms with Gasteiger partial charge in [0.2, 0.25) is 5.91 Å². The maximum Gasteiger partial charge on any atom is 0.223 e. The van der Waals surface area contributed by atoms with Gasteiger partial charge < -0.3 is 11.1 Å². The molecule has 1 fully saturated rings. The molecular weight excluding hydrogens is 212 g/mol. The summed E-state index contributed by atoms with van der Waals surface area (Å²) in [7, 11) is 0. The van der Waals surface area contributed by atoms with Gasteiger partial charge >= 0.3 is 0 Å². The molecule has 1 rings (SSSR count). The second-order valence-corrected chi connectivity index (χ2v) is 4.66. The molecule has 1 saturated carbocycles. The maximum atomic E-state index is 11.8. The van der Waals surface area contributed by atoms with Gasteiger partial charge in [-0.2, -0.15) is 0 Å². The summed E-state index contributed by atoms with van der Waals surface area (Å²) in [5, 5.41) is 3.25. The highest BCUT2D eigenvalue weighted by Gasteiger charge is 2.29. The number of hydrogen-bond donors (Lipinski definition) is 2. The largest absolute Gasteiger partial charge is 0.351 e. The number of nitrogens with one attached hydrogen (secondary N) is 1. The van der Waals surface area contributed by atoms with Crippen LogP contribution in [0.5, 0.6) is 0 Å². The van der Waals surface area contributed by atoms with E-state index in [2.05, 4.69) is 11.9 Å². The Bertz CT molecular complexity index is 243. The highest BCUT2D eigenvalue weighted by Crippen LogP contribution is 2.29. The number of nitrogens with two attached hydrogens (primary N) is 1. The van der Waals surface area contributed by atoms with Crippen LogP contribution in [0.1, 0.15) is 25.7 Å². The minimum atomic E-state index is 0.0692. The summed E-state index contributed by atoms with van der Waals surface area (Å²) < 4.78 is 0. The van der Waals surface area contributed by atoms with Crippen LogP contribution in [0.2, 0.25) is 0 Å². The smallest absolute Gasteiger partial charge is 0.223 e. The maximum absolute atomic E-state index is 11.8. The molecule has 0 spiro atoms. The summed E-state index contributed by atoms with van der Waals surface area (Å²) in [6.45, 7) is 4.49. The van der Waals surface area contributed by atoms with Gasteiger partial charge in [-0.05, 0) is 25.3 Å². The lowest BCUT2D eigenvalue weighted by atomic mass is 9.79. The fraction of sp³-hybridized carbons (Fsp3) is 0.727. The van der Waals surface area contributed by atoms with Crippen molar-refractivity contribution in [1.82, 2.24) is 5.32 Å². The van der Waals surface area contributed by atoms with E-state index in [1.165, 1.54) is 6.42 Å². The zero-order valence-electron chi connectivity index (χ0n) is 8.97. The molecule has 2 unspecified atom stereocenters. The van der Waals surface area contributed by atoms with Gasteiger partial charge in [-0.25, -0.2) is 0 Å². The van der Waals surface area contributed by atoms with Crippen molar-refractivity contribution >= 4 is 17.5 Å². The molecule has 0 saturated heterocycles. The lowest BCUT2D eigenvalue weighted by molar-refractivity contribution is -0.127. The third-order valence-electron chi connectivity index (χ3n) is 3.00. The summed E-state index contributed by atoms with van der Waals surface area (Å²) in [5.74, 6) is 0.481. The fourth-order valence-corrected chi connectivity index (χ4v) is 2.22. The molecule has 15 heavy (non-hydrogen) atoms. The van der Waals surface area contributed by atoms with E-state index >= 15 is 0 Å². The Hall–Kier alpha value is -0.540. The molecule has 3 nitrogen and oxygen atoms in total. The Morgan fingerprint density at radius 3 is 2.73 bits per heavy atom. The van der Waals surface area contributed by atoms with E-state index in [1.54, 1.807) is 0 Å². The third kappa shape index (κ3) is 3.84. The van der Waals surface area contributed by atoms with Crippen molar-refractivity contribution in [1.29, 1.82) is 0 Å². The van der Waals surface area contributed by atoms with E-state index in [1.807, 2.05) is 0 Å². The molecule has 0 aliphatic heterocycles. The second kappa shape index (κ2) is 6.13. The van der Waals surface area contributed by atoms with Crippen molar-refractivity contribution in [3.05, 3.63) is 11.6 Å². The summed E-state index contributed by atoms with van der Waals surface area (Å²) in [6, 6.07) is 0. The first-order valence-corrected chi connectivity index (χ1v) is 5.84. The first-order chi connectivity index (χ1) is 7.15. The molecule has 1 amide bonds. The Morgan fingerprint density at radius 1 is 1.47 bits per heavy atom. The summed E-state index contributed by atoms with van der Waals surface area (Å²) >= 11 is 5.60. The van der Waals surface area contributed by atoms with Crippen LogP contribution in [0.25, 0.3) is 0 Å². The van der Waals surface area contributed by atoms with Gasteiger partial charge in [0.15, 0.2) is 0 Å². The zero-order chi connectivity index (χ0) is 11.3. The standard InChI is InChI=1S/C11H19ClN2O/c1-8(12)7-14-11(15)10-5-3-2-4-9(10)6-13/h9-10H,1-7,13H2,(H,14,15). The molecular formula is C11H19ClN2O. The normalized spacial score (nSPS) is 26.0. The summed E-state index contributed by atoms with van der Waals surface area (Å²) in [5.41, 5.74) is 5.66. The molecule has 3 N–H and O–H groups in total. The van der Waals surface area contributed by atoms with E-state index in [9.17, 15) is 4.79 Å². The highest BCUT2D eigenvalue weighted by atomic mass is 35.5. The van der Waals surface area contributed by atoms with Gasteiger partial charge in [-0.15, -0.1) is 0 Å². The third-order valence-corrected chi connectivity index (χ3v) is 3.14. The van der Waals surface area contributed by atoms with Gasteiger partial charge in [-0.3, -0.25) is 4.79 Å². The first kappa shape index (κ1) is 12.5.